The molecule has 7 heteroatoms. The van der Waals surface area contributed by atoms with Gasteiger partial charge >= 0.3 is 0 Å². The molecule has 0 saturated heterocycles. The van der Waals surface area contributed by atoms with Crippen molar-refractivity contribution in [2.75, 3.05) is 19.0 Å². The van der Waals surface area contributed by atoms with Gasteiger partial charge in [-0.25, -0.2) is 14.4 Å². The lowest BCUT2D eigenvalue weighted by Crippen LogP contribution is -2.22. The van der Waals surface area contributed by atoms with Gasteiger partial charge in [-0.3, -0.25) is 4.79 Å². The van der Waals surface area contributed by atoms with Gasteiger partial charge in [0.15, 0.2) is 10.6 Å². The van der Waals surface area contributed by atoms with Crippen LogP contribution in [0.15, 0.2) is 45.8 Å². The van der Waals surface area contributed by atoms with Crippen molar-refractivity contribution in [3.8, 4) is 0 Å². The summed E-state index contributed by atoms with van der Waals surface area (Å²) in [4.78, 5) is 24.2. The first kappa shape index (κ1) is 15.3. The molecule has 0 bridgehead atoms. The van der Waals surface area contributed by atoms with E-state index < -0.39 is 0 Å². The van der Waals surface area contributed by atoms with Gasteiger partial charge in [-0.05, 0) is 45.8 Å². The van der Waals surface area contributed by atoms with Crippen molar-refractivity contribution in [3.63, 3.8) is 0 Å². The van der Waals surface area contributed by atoms with Crippen molar-refractivity contribution in [2.45, 2.75) is 0 Å². The van der Waals surface area contributed by atoms with Gasteiger partial charge in [-0.15, -0.1) is 0 Å². The summed E-state index contributed by atoms with van der Waals surface area (Å²) in [6.07, 6.45) is 3.57. The lowest BCUT2D eigenvalue weighted by atomic mass is 10.2. The Hall–Kier alpha value is -2.25. The molecule has 0 amide bonds. The third-order valence-corrected chi connectivity index (χ3v) is 5.16. The number of imidazole rings is 1. The molecule has 0 radical (unpaired) electrons. The monoisotopic (exact) mass is 400 g/mol. The summed E-state index contributed by atoms with van der Waals surface area (Å²) in [5.41, 5.74) is 3.34. The van der Waals surface area contributed by atoms with E-state index in [9.17, 15) is 4.79 Å². The molecule has 0 aliphatic carbocycles. The van der Waals surface area contributed by atoms with Crippen LogP contribution >= 0.6 is 27.3 Å². The Balaban J connectivity index is 1.88. The molecule has 0 aliphatic rings. The molecule has 0 atom stereocenters. The van der Waals surface area contributed by atoms with Crippen molar-refractivity contribution in [2.24, 2.45) is 0 Å². The molecule has 4 rings (SSSR count). The van der Waals surface area contributed by atoms with Crippen LogP contribution in [-0.2, 0) is 0 Å². The number of benzene rings is 1. The van der Waals surface area contributed by atoms with Gasteiger partial charge in [-0.1, -0.05) is 23.5 Å². The summed E-state index contributed by atoms with van der Waals surface area (Å²) in [5, 5.41) is 0. The van der Waals surface area contributed by atoms with Crippen LogP contribution < -0.4 is 15.0 Å². The predicted molar refractivity (Wildman–Crippen MR) is 102 cm³/mol. The van der Waals surface area contributed by atoms with Gasteiger partial charge < -0.3 is 4.90 Å². The number of halogens is 1. The highest BCUT2D eigenvalue weighted by Crippen LogP contribution is 2.18. The summed E-state index contributed by atoms with van der Waals surface area (Å²) < 4.78 is 3.08. The van der Waals surface area contributed by atoms with Crippen molar-refractivity contribution >= 4 is 55.2 Å². The molecule has 0 N–H and O–H groups in total. The molecule has 5 nitrogen and oxygen atoms in total. The number of hydrogen-bond acceptors (Lipinski definition) is 5. The number of fused-ring (bicyclic) bond motifs is 3. The second kappa shape index (κ2) is 5.68. The van der Waals surface area contributed by atoms with Crippen LogP contribution in [0, 0.1) is 0 Å². The first-order valence-corrected chi connectivity index (χ1v) is 8.89. The number of anilines is 1. The number of nitrogens with zero attached hydrogens (tertiary/aromatic N) is 4. The van der Waals surface area contributed by atoms with Gasteiger partial charge in [-0.2, -0.15) is 0 Å². The standard InChI is InChI=1S/C17H13BrN4OS/c1-21(2)12-5-3-10(4-6-12)7-14-16(23)22-15-13(20-17(22)24-14)8-11(18)9-19-15/h3-9H,1-2H3. The summed E-state index contributed by atoms with van der Waals surface area (Å²) in [7, 11) is 4.00. The van der Waals surface area contributed by atoms with Crippen LogP contribution in [0.3, 0.4) is 0 Å². The Morgan fingerprint density at radius 3 is 2.71 bits per heavy atom. The Kier molecular flexibility index (Phi) is 3.62. The largest absolute Gasteiger partial charge is 0.378 e. The number of aromatic nitrogens is 3. The van der Waals surface area contributed by atoms with Gasteiger partial charge in [0.2, 0.25) is 0 Å². The Morgan fingerprint density at radius 1 is 1.25 bits per heavy atom. The molecular weight excluding hydrogens is 388 g/mol. The Bertz CT molecular complexity index is 1160. The van der Waals surface area contributed by atoms with Gasteiger partial charge in [0.05, 0.1) is 4.53 Å². The van der Waals surface area contributed by atoms with Crippen LogP contribution in [-0.4, -0.2) is 28.5 Å². The fraction of sp³-hybridized carbons (Fsp3) is 0.118. The lowest BCUT2D eigenvalue weighted by molar-refractivity contribution is 1.13. The number of thiazole rings is 1. The topological polar surface area (TPSA) is 50.5 Å². The van der Waals surface area contributed by atoms with E-state index in [0.717, 1.165) is 21.2 Å². The molecule has 0 unspecified atom stereocenters. The fourth-order valence-corrected chi connectivity index (χ4v) is 3.83. The Labute approximate surface area is 150 Å². The van der Waals surface area contributed by atoms with E-state index in [2.05, 4.69) is 25.9 Å². The maximum atomic E-state index is 12.7. The lowest BCUT2D eigenvalue weighted by Gasteiger charge is -2.11. The maximum absolute atomic E-state index is 12.7. The summed E-state index contributed by atoms with van der Waals surface area (Å²) in [5.74, 6) is 0. The van der Waals surface area contributed by atoms with Crippen molar-refractivity contribution in [3.05, 3.63) is 61.5 Å². The molecule has 4 aromatic rings. The average molecular weight is 401 g/mol. The molecule has 0 fully saturated rings. The second-order valence-corrected chi connectivity index (χ2v) is 7.55. The predicted octanol–water partition coefficient (Wildman–Crippen LogP) is 2.68. The van der Waals surface area contributed by atoms with Crippen LogP contribution in [0.5, 0.6) is 0 Å². The average Bonchev–Trinajstić information content (AvgIpc) is 3.04. The van der Waals surface area contributed by atoms with Gasteiger partial charge in [0.25, 0.3) is 5.56 Å². The van der Waals surface area contributed by atoms with Crippen molar-refractivity contribution in [1.29, 1.82) is 0 Å². The number of rotatable bonds is 2. The van der Waals surface area contributed by atoms with Crippen LogP contribution in [0.4, 0.5) is 5.69 Å². The Morgan fingerprint density at radius 2 is 2.00 bits per heavy atom. The first-order chi connectivity index (χ1) is 11.5. The van der Waals surface area contributed by atoms with Gasteiger partial charge in [0.1, 0.15) is 5.52 Å². The highest BCUT2D eigenvalue weighted by molar-refractivity contribution is 9.10. The molecule has 24 heavy (non-hydrogen) atoms. The third-order valence-electron chi connectivity index (χ3n) is 3.76. The van der Waals surface area contributed by atoms with Gasteiger partial charge in [0, 0.05) is 30.5 Å². The van der Waals surface area contributed by atoms with E-state index >= 15 is 0 Å². The second-order valence-electron chi connectivity index (χ2n) is 5.63. The van der Waals surface area contributed by atoms with Crippen LogP contribution in [0.25, 0.3) is 22.2 Å². The molecule has 3 aromatic heterocycles. The zero-order valence-corrected chi connectivity index (χ0v) is 15.4. The van der Waals surface area contributed by atoms with E-state index in [4.69, 9.17) is 0 Å². The minimum atomic E-state index is -0.0796. The SMILES string of the molecule is CN(C)c1ccc(C=c2sc3nc4cc(Br)cnc4n3c2=O)cc1. The summed E-state index contributed by atoms with van der Waals surface area (Å²) in [6, 6.07) is 9.94. The quantitative estimate of drug-likeness (QED) is 0.518. The molecule has 120 valence electrons. The van der Waals surface area contributed by atoms with E-state index in [-0.39, 0.29) is 5.56 Å². The van der Waals surface area contributed by atoms with Crippen LogP contribution in [0.2, 0.25) is 0 Å². The third kappa shape index (κ3) is 2.50. The van der Waals surface area contributed by atoms with E-state index in [0.29, 0.717) is 15.1 Å². The highest BCUT2D eigenvalue weighted by atomic mass is 79.9. The smallest absolute Gasteiger partial charge is 0.276 e. The molecule has 3 heterocycles. The first-order valence-electron chi connectivity index (χ1n) is 7.28. The van der Waals surface area contributed by atoms with E-state index in [1.54, 1.807) is 10.6 Å². The molecule has 0 spiro atoms. The van der Waals surface area contributed by atoms with Crippen molar-refractivity contribution < 1.29 is 0 Å². The van der Waals surface area contributed by atoms with E-state index in [1.807, 2.05) is 55.4 Å². The normalized spacial score (nSPS) is 12.4. The minimum absolute atomic E-state index is 0.0796. The zero-order chi connectivity index (χ0) is 16.8. The maximum Gasteiger partial charge on any atom is 0.276 e. The van der Waals surface area contributed by atoms with E-state index in [1.165, 1.54) is 11.3 Å². The molecule has 0 saturated carbocycles. The molecule has 0 aliphatic heterocycles. The fourth-order valence-electron chi connectivity index (χ4n) is 2.53. The molecular formula is C17H13BrN4OS. The minimum Gasteiger partial charge on any atom is -0.378 e. The summed E-state index contributed by atoms with van der Waals surface area (Å²) in [6.45, 7) is 0. The molecule has 1 aromatic carbocycles. The van der Waals surface area contributed by atoms with Crippen LogP contribution in [0.1, 0.15) is 5.56 Å². The number of pyridine rings is 1. The number of hydrogen-bond donors (Lipinski definition) is 0. The zero-order valence-electron chi connectivity index (χ0n) is 13.0. The highest BCUT2D eigenvalue weighted by Gasteiger charge is 2.12. The summed E-state index contributed by atoms with van der Waals surface area (Å²) >= 11 is 4.75. The van der Waals surface area contributed by atoms with Crippen molar-refractivity contribution in [1.82, 2.24) is 14.4 Å².